The molecule has 0 bridgehead atoms. The van der Waals surface area contributed by atoms with Crippen LogP contribution in [0.2, 0.25) is 0 Å². The Morgan fingerprint density at radius 1 is 1.82 bits per heavy atom. The summed E-state index contributed by atoms with van der Waals surface area (Å²) in [7, 11) is 1.31. The number of rotatable bonds is 1. The van der Waals surface area contributed by atoms with Gasteiger partial charge in [-0.3, -0.25) is 0 Å². The lowest BCUT2D eigenvalue weighted by molar-refractivity contribution is 0.0601. The van der Waals surface area contributed by atoms with E-state index in [2.05, 4.69) is 4.74 Å². The number of carbonyl (C=O) groups is 1. The molecule has 1 rings (SSSR count). The molecule has 1 heterocycles. The Kier molecular flexibility index (Phi) is 2.24. The molecule has 3 nitrogen and oxygen atoms in total. The van der Waals surface area contributed by atoms with Crippen molar-refractivity contribution in [1.29, 1.82) is 5.26 Å². The highest BCUT2D eigenvalue weighted by molar-refractivity contribution is 7.10. The molecule has 4 heteroatoms. The molecule has 0 unspecified atom stereocenters. The highest BCUT2D eigenvalue weighted by atomic mass is 32.1. The SMILES string of the molecule is COC(=O)c1csc(C#N)c1. The van der Waals surface area contributed by atoms with E-state index in [-0.39, 0.29) is 0 Å². The van der Waals surface area contributed by atoms with Crippen LogP contribution in [-0.2, 0) is 4.74 Å². The van der Waals surface area contributed by atoms with Crippen LogP contribution in [-0.4, -0.2) is 13.1 Å². The van der Waals surface area contributed by atoms with Crippen LogP contribution >= 0.6 is 11.3 Å². The first-order chi connectivity index (χ1) is 5.27. The molecule has 56 valence electrons. The lowest BCUT2D eigenvalue weighted by Crippen LogP contribution is -1.97. The fraction of sp³-hybridized carbons (Fsp3) is 0.143. The topological polar surface area (TPSA) is 50.1 Å². The van der Waals surface area contributed by atoms with Gasteiger partial charge in [0.1, 0.15) is 10.9 Å². The van der Waals surface area contributed by atoms with Crippen molar-refractivity contribution in [2.24, 2.45) is 0 Å². The van der Waals surface area contributed by atoms with Crippen molar-refractivity contribution in [2.45, 2.75) is 0 Å². The van der Waals surface area contributed by atoms with Crippen molar-refractivity contribution in [3.63, 3.8) is 0 Å². The van der Waals surface area contributed by atoms with E-state index in [1.165, 1.54) is 24.5 Å². The van der Waals surface area contributed by atoms with Gasteiger partial charge in [-0.2, -0.15) is 5.26 Å². The fourth-order valence-corrected chi connectivity index (χ4v) is 1.29. The minimum absolute atomic E-state index is 0.400. The molecule has 0 saturated carbocycles. The average Bonchev–Trinajstić information content (AvgIpc) is 2.50. The Labute approximate surface area is 67.8 Å². The first-order valence-electron chi connectivity index (χ1n) is 2.85. The van der Waals surface area contributed by atoms with E-state index in [1.807, 2.05) is 6.07 Å². The van der Waals surface area contributed by atoms with Gasteiger partial charge in [0.2, 0.25) is 0 Å². The van der Waals surface area contributed by atoms with Crippen molar-refractivity contribution in [1.82, 2.24) is 0 Å². The molecular formula is C7H5NO2S. The minimum atomic E-state index is -0.400. The third kappa shape index (κ3) is 1.57. The second-order valence-electron chi connectivity index (χ2n) is 1.80. The number of ether oxygens (including phenoxy) is 1. The molecule has 0 radical (unpaired) electrons. The third-order valence-corrected chi connectivity index (χ3v) is 1.97. The van der Waals surface area contributed by atoms with Gasteiger partial charge in [-0.25, -0.2) is 4.79 Å². The molecule has 0 aliphatic carbocycles. The number of methoxy groups -OCH3 is 1. The second-order valence-corrected chi connectivity index (χ2v) is 2.71. The van der Waals surface area contributed by atoms with Gasteiger partial charge in [0.15, 0.2) is 0 Å². The number of nitrogens with zero attached hydrogens (tertiary/aromatic N) is 1. The normalized spacial score (nSPS) is 8.73. The van der Waals surface area contributed by atoms with Gasteiger partial charge in [-0.15, -0.1) is 11.3 Å². The minimum Gasteiger partial charge on any atom is -0.465 e. The van der Waals surface area contributed by atoms with Crippen molar-refractivity contribution in [3.05, 3.63) is 21.9 Å². The first-order valence-corrected chi connectivity index (χ1v) is 3.73. The molecule has 0 aromatic carbocycles. The number of nitriles is 1. The zero-order valence-corrected chi connectivity index (χ0v) is 6.64. The number of hydrogen-bond donors (Lipinski definition) is 0. The summed E-state index contributed by atoms with van der Waals surface area (Å²) >= 11 is 1.23. The van der Waals surface area contributed by atoms with Crippen molar-refractivity contribution >= 4 is 17.3 Å². The number of carbonyl (C=O) groups excluding carboxylic acids is 1. The Morgan fingerprint density at radius 2 is 2.55 bits per heavy atom. The van der Waals surface area contributed by atoms with Crippen LogP contribution in [0, 0.1) is 11.3 Å². The van der Waals surface area contributed by atoms with Gasteiger partial charge in [0.05, 0.1) is 12.7 Å². The molecule has 0 aliphatic heterocycles. The standard InChI is InChI=1S/C7H5NO2S/c1-10-7(9)5-2-6(3-8)11-4-5/h2,4H,1H3. The number of thiophene rings is 1. The highest BCUT2D eigenvalue weighted by Crippen LogP contribution is 2.13. The van der Waals surface area contributed by atoms with Gasteiger partial charge in [-0.1, -0.05) is 0 Å². The van der Waals surface area contributed by atoms with Gasteiger partial charge >= 0.3 is 5.97 Å². The van der Waals surface area contributed by atoms with Gasteiger partial charge in [0, 0.05) is 5.38 Å². The molecule has 0 saturated heterocycles. The zero-order chi connectivity index (χ0) is 8.27. The monoisotopic (exact) mass is 167 g/mol. The summed E-state index contributed by atoms with van der Waals surface area (Å²) in [5, 5.41) is 10.0. The largest absolute Gasteiger partial charge is 0.465 e. The fourth-order valence-electron chi connectivity index (χ4n) is 0.620. The van der Waals surface area contributed by atoms with Crippen molar-refractivity contribution in [3.8, 4) is 6.07 Å². The van der Waals surface area contributed by atoms with Gasteiger partial charge in [0.25, 0.3) is 0 Å². The van der Waals surface area contributed by atoms with E-state index in [0.29, 0.717) is 10.4 Å². The summed E-state index contributed by atoms with van der Waals surface area (Å²) in [5.41, 5.74) is 0.439. The zero-order valence-electron chi connectivity index (χ0n) is 5.83. The predicted molar refractivity (Wildman–Crippen MR) is 40.4 cm³/mol. The first kappa shape index (κ1) is 7.76. The lowest BCUT2D eigenvalue weighted by Gasteiger charge is -1.90. The molecule has 0 fully saturated rings. The Balaban J connectivity index is 2.91. The number of esters is 1. The van der Waals surface area contributed by atoms with Crippen LogP contribution in [0.15, 0.2) is 11.4 Å². The molecule has 0 atom stereocenters. The molecule has 1 aromatic rings. The molecule has 11 heavy (non-hydrogen) atoms. The summed E-state index contributed by atoms with van der Waals surface area (Å²) in [4.78, 5) is 11.3. The van der Waals surface area contributed by atoms with E-state index in [1.54, 1.807) is 5.38 Å². The van der Waals surface area contributed by atoms with E-state index in [0.717, 1.165) is 0 Å². The maximum Gasteiger partial charge on any atom is 0.338 e. The van der Waals surface area contributed by atoms with Crippen LogP contribution in [0.4, 0.5) is 0 Å². The highest BCUT2D eigenvalue weighted by Gasteiger charge is 2.07. The maximum absolute atomic E-state index is 10.8. The summed E-state index contributed by atoms with van der Waals surface area (Å²) in [6.45, 7) is 0. The maximum atomic E-state index is 10.8. The average molecular weight is 167 g/mol. The quantitative estimate of drug-likeness (QED) is 0.594. The van der Waals surface area contributed by atoms with Gasteiger partial charge in [-0.05, 0) is 6.07 Å². The van der Waals surface area contributed by atoms with E-state index >= 15 is 0 Å². The molecule has 0 spiro atoms. The summed E-state index contributed by atoms with van der Waals surface area (Å²) in [6.07, 6.45) is 0. The van der Waals surface area contributed by atoms with Crippen molar-refractivity contribution < 1.29 is 9.53 Å². The Bertz CT molecular complexity index is 310. The smallest absolute Gasteiger partial charge is 0.338 e. The van der Waals surface area contributed by atoms with Crippen LogP contribution < -0.4 is 0 Å². The van der Waals surface area contributed by atoms with Crippen LogP contribution in [0.5, 0.6) is 0 Å². The Morgan fingerprint density at radius 3 is 3.00 bits per heavy atom. The molecule has 0 aliphatic rings. The van der Waals surface area contributed by atoms with Crippen LogP contribution in [0.25, 0.3) is 0 Å². The van der Waals surface area contributed by atoms with Crippen LogP contribution in [0.1, 0.15) is 15.2 Å². The Hall–Kier alpha value is -1.34. The summed E-state index contributed by atoms with van der Waals surface area (Å²) in [6, 6.07) is 3.45. The summed E-state index contributed by atoms with van der Waals surface area (Å²) < 4.78 is 4.45. The van der Waals surface area contributed by atoms with Gasteiger partial charge < -0.3 is 4.74 Å². The van der Waals surface area contributed by atoms with E-state index in [4.69, 9.17) is 5.26 Å². The number of hydrogen-bond acceptors (Lipinski definition) is 4. The predicted octanol–water partition coefficient (Wildman–Crippen LogP) is 1.41. The van der Waals surface area contributed by atoms with Crippen LogP contribution in [0.3, 0.4) is 0 Å². The van der Waals surface area contributed by atoms with E-state index < -0.39 is 5.97 Å². The lowest BCUT2D eigenvalue weighted by atomic mass is 10.3. The molecule has 0 N–H and O–H groups in total. The molecule has 1 aromatic heterocycles. The summed E-state index contributed by atoms with van der Waals surface area (Å²) in [5.74, 6) is -0.400. The molecular weight excluding hydrogens is 162 g/mol. The van der Waals surface area contributed by atoms with Crippen molar-refractivity contribution in [2.75, 3.05) is 7.11 Å². The molecule has 0 amide bonds. The third-order valence-electron chi connectivity index (χ3n) is 1.13. The van der Waals surface area contributed by atoms with E-state index in [9.17, 15) is 4.79 Å². The second kappa shape index (κ2) is 3.17.